The van der Waals surface area contributed by atoms with E-state index < -0.39 is 0 Å². The predicted molar refractivity (Wildman–Crippen MR) is 130 cm³/mol. The summed E-state index contributed by atoms with van der Waals surface area (Å²) in [4.78, 5) is 22.4. The maximum Gasteiger partial charge on any atom is 0.272 e. The fourth-order valence-corrected chi connectivity index (χ4v) is 4.94. The van der Waals surface area contributed by atoms with Crippen LogP contribution in [0, 0.1) is 6.92 Å². The molecule has 0 spiro atoms. The second-order valence-corrected chi connectivity index (χ2v) is 9.22. The van der Waals surface area contributed by atoms with E-state index in [1.165, 1.54) is 11.3 Å². The zero-order chi connectivity index (χ0) is 22.8. The highest BCUT2D eigenvalue weighted by molar-refractivity contribution is 5.94. The molecule has 7 heteroatoms. The molecular formula is C26H32N6O. The number of carbonyl (C=O) groups excluding carboxylic acids is 1. The summed E-state index contributed by atoms with van der Waals surface area (Å²) >= 11 is 0. The van der Waals surface area contributed by atoms with Gasteiger partial charge in [0.25, 0.3) is 5.91 Å². The van der Waals surface area contributed by atoms with Crippen molar-refractivity contribution in [2.75, 3.05) is 37.6 Å². The highest BCUT2D eigenvalue weighted by Gasteiger charge is 2.28. The van der Waals surface area contributed by atoms with Crippen molar-refractivity contribution < 1.29 is 4.79 Å². The third-order valence-electron chi connectivity index (χ3n) is 6.68. The van der Waals surface area contributed by atoms with E-state index in [2.05, 4.69) is 64.3 Å². The zero-order valence-corrected chi connectivity index (χ0v) is 19.5. The van der Waals surface area contributed by atoms with Gasteiger partial charge in [-0.3, -0.25) is 9.69 Å². The summed E-state index contributed by atoms with van der Waals surface area (Å²) in [5, 5.41) is 7.96. The van der Waals surface area contributed by atoms with Crippen molar-refractivity contribution >= 4 is 11.7 Å². The van der Waals surface area contributed by atoms with Crippen molar-refractivity contribution in [3.05, 3.63) is 71.2 Å². The molecule has 1 fully saturated rings. The minimum atomic E-state index is -0.0568. The fraction of sp³-hybridized carbons (Fsp3) is 0.423. The van der Waals surface area contributed by atoms with E-state index in [4.69, 9.17) is 5.10 Å². The lowest BCUT2D eigenvalue weighted by Crippen LogP contribution is -2.51. The van der Waals surface area contributed by atoms with Crippen LogP contribution < -0.4 is 10.2 Å². The Hall–Kier alpha value is -3.19. The minimum Gasteiger partial charge on any atom is -0.354 e. The average molecular weight is 445 g/mol. The van der Waals surface area contributed by atoms with Gasteiger partial charge >= 0.3 is 0 Å². The Labute approximate surface area is 195 Å². The summed E-state index contributed by atoms with van der Waals surface area (Å²) < 4.78 is 1.97. The molecule has 33 heavy (non-hydrogen) atoms. The van der Waals surface area contributed by atoms with Crippen molar-refractivity contribution in [3.8, 4) is 5.69 Å². The normalized spacial score (nSPS) is 17.1. The number of hydrogen-bond acceptors (Lipinski definition) is 5. The SMILES string of the molecule is Cc1ccc(-n2nc(C(=O)NC(C)CN3CCN(c4ccccn4)CC3)c3c2CCC3)cc1. The lowest BCUT2D eigenvalue weighted by molar-refractivity contribution is 0.0921. The topological polar surface area (TPSA) is 66.3 Å². The molecule has 5 rings (SSSR count). The standard InChI is InChI=1S/C26H32N6O/c1-19-9-11-21(12-10-19)32-23-7-5-6-22(23)25(29-32)26(33)28-20(2)18-30-14-16-31(17-15-30)24-8-3-4-13-27-24/h3-4,8-13,20H,5-7,14-18H2,1-2H3,(H,28,33). The Bertz CT molecular complexity index is 1100. The molecule has 2 aliphatic rings. The highest BCUT2D eigenvalue weighted by Crippen LogP contribution is 2.28. The number of piperazine rings is 1. The van der Waals surface area contributed by atoms with Gasteiger partial charge < -0.3 is 10.2 Å². The Morgan fingerprint density at radius 3 is 2.58 bits per heavy atom. The molecule has 2 aromatic heterocycles. The third kappa shape index (κ3) is 4.64. The first-order valence-corrected chi connectivity index (χ1v) is 12.0. The number of aryl methyl sites for hydroxylation is 1. The van der Waals surface area contributed by atoms with Crippen LogP contribution in [0.4, 0.5) is 5.82 Å². The Balaban J connectivity index is 1.21. The molecule has 0 saturated carbocycles. The van der Waals surface area contributed by atoms with Crippen LogP contribution in [-0.2, 0) is 12.8 Å². The van der Waals surface area contributed by atoms with Gasteiger partial charge in [-0.15, -0.1) is 0 Å². The number of pyridine rings is 1. The number of aromatic nitrogens is 3. The van der Waals surface area contributed by atoms with E-state index in [-0.39, 0.29) is 11.9 Å². The summed E-state index contributed by atoms with van der Waals surface area (Å²) in [5.74, 6) is 0.982. The Morgan fingerprint density at radius 1 is 1.06 bits per heavy atom. The van der Waals surface area contributed by atoms with E-state index in [9.17, 15) is 4.79 Å². The van der Waals surface area contributed by atoms with Gasteiger partial charge in [-0.25, -0.2) is 9.67 Å². The van der Waals surface area contributed by atoms with Crippen molar-refractivity contribution in [1.29, 1.82) is 0 Å². The van der Waals surface area contributed by atoms with Gasteiger partial charge in [-0.2, -0.15) is 5.10 Å². The largest absolute Gasteiger partial charge is 0.354 e. The molecule has 1 saturated heterocycles. The van der Waals surface area contributed by atoms with E-state index >= 15 is 0 Å². The molecule has 0 radical (unpaired) electrons. The quantitative estimate of drug-likeness (QED) is 0.633. The van der Waals surface area contributed by atoms with Gasteiger partial charge in [0.2, 0.25) is 0 Å². The smallest absolute Gasteiger partial charge is 0.272 e. The maximum absolute atomic E-state index is 13.2. The molecule has 1 amide bonds. The third-order valence-corrected chi connectivity index (χ3v) is 6.68. The summed E-state index contributed by atoms with van der Waals surface area (Å²) in [6, 6.07) is 14.4. The van der Waals surface area contributed by atoms with Crippen LogP contribution in [0.2, 0.25) is 0 Å². The molecule has 3 aromatic rings. The fourth-order valence-electron chi connectivity index (χ4n) is 4.94. The van der Waals surface area contributed by atoms with Crippen molar-refractivity contribution in [1.82, 2.24) is 25.0 Å². The van der Waals surface area contributed by atoms with Gasteiger partial charge in [-0.1, -0.05) is 23.8 Å². The highest BCUT2D eigenvalue weighted by atomic mass is 16.2. The number of nitrogens with zero attached hydrogens (tertiary/aromatic N) is 5. The van der Waals surface area contributed by atoms with Crippen LogP contribution >= 0.6 is 0 Å². The van der Waals surface area contributed by atoms with Crippen LogP contribution in [0.5, 0.6) is 0 Å². The molecular weight excluding hydrogens is 412 g/mol. The number of nitrogens with one attached hydrogen (secondary N) is 1. The lowest BCUT2D eigenvalue weighted by Gasteiger charge is -2.36. The zero-order valence-electron chi connectivity index (χ0n) is 19.5. The predicted octanol–water partition coefficient (Wildman–Crippen LogP) is 3.00. The molecule has 1 aromatic carbocycles. The van der Waals surface area contributed by atoms with Crippen molar-refractivity contribution in [2.24, 2.45) is 0 Å². The molecule has 1 atom stereocenters. The number of rotatable bonds is 6. The Kier molecular flexibility index (Phi) is 6.13. The number of hydrogen-bond donors (Lipinski definition) is 1. The van der Waals surface area contributed by atoms with Crippen LogP contribution in [-0.4, -0.2) is 64.3 Å². The van der Waals surface area contributed by atoms with Crippen LogP contribution in [0.25, 0.3) is 5.69 Å². The molecule has 0 bridgehead atoms. The molecule has 1 N–H and O–H groups in total. The summed E-state index contributed by atoms with van der Waals surface area (Å²) in [6.45, 7) is 8.83. The number of amides is 1. The minimum absolute atomic E-state index is 0.0560. The number of fused-ring (bicyclic) bond motifs is 1. The van der Waals surface area contributed by atoms with Crippen LogP contribution in [0.15, 0.2) is 48.7 Å². The molecule has 1 aliphatic carbocycles. The molecule has 3 heterocycles. The van der Waals surface area contributed by atoms with Crippen LogP contribution in [0.3, 0.4) is 0 Å². The summed E-state index contributed by atoms with van der Waals surface area (Å²) in [6.07, 6.45) is 4.82. The first-order valence-electron chi connectivity index (χ1n) is 12.0. The van der Waals surface area contributed by atoms with Gasteiger partial charge in [0.15, 0.2) is 5.69 Å². The van der Waals surface area contributed by atoms with E-state index in [0.29, 0.717) is 5.69 Å². The van der Waals surface area contributed by atoms with E-state index in [1.807, 2.05) is 23.0 Å². The lowest BCUT2D eigenvalue weighted by atomic mass is 10.1. The van der Waals surface area contributed by atoms with E-state index in [1.54, 1.807) is 0 Å². The first-order chi connectivity index (χ1) is 16.1. The number of benzene rings is 1. The second kappa shape index (κ2) is 9.35. The molecule has 1 aliphatic heterocycles. The summed E-state index contributed by atoms with van der Waals surface area (Å²) in [7, 11) is 0. The average Bonchev–Trinajstić information content (AvgIpc) is 3.44. The van der Waals surface area contributed by atoms with Gasteiger partial charge in [-0.05, 0) is 57.4 Å². The number of anilines is 1. The second-order valence-electron chi connectivity index (χ2n) is 9.22. The van der Waals surface area contributed by atoms with Crippen molar-refractivity contribution in [2.45, 2.75) is 39.2 Å². The first kappa shape index (κ1) is 21.6. The van der Waals surface area contributed by atoms with Gasteiger partial charge in [0.05, 0.1) is 5.69 Å². The maximum atomic E-state index is 13.2. The summed E-state index contributed by atoms with van der Waals surface area (Å²) in [5.41, 5.74) is 5.13. The van der Waals surface area contributed by atoms with Crippen molar-refractivity contribution in [3.63, 3.8) is 0 Å². The Morgan fingerprint density at radius 2 is 1.85 bits per heavy atom. The van der Waals surface area contributed by atoms with Gasteiger partial charge in [0.1, 0.15) is 5.82 Å². The van der Waals surface area contributed by atoms with Crippen LogP contribution in [0.1, 0.15) is 40.7 Å². The molecule has 1 unspecified atom stereocenters. The molecule has 7 nitrogen and oxygen atoms in total. The monoisotopic (exact) mass is 444 g/mol. The van der Waals surface area contributed by atoms with E-state index in [0.717, 1.165) is 69.1 Å². The van der Waals surface area contributed by atoms with Gasteiger partial charge in [0, 0.05) is 56.2 Å². The number of carbonyl (C=O) groups is 1. The molecule has 172 valence electrons.